The first-order chi connectivity index (χ1) is 11.5. The molecule has 0 spiro atoms. The number of carbonyl (C=O) groups excluding carboxylic acids is 2. The van der Waals surface area contributed by atoms with Crippen molar-refractivity contribution in [2.45, 2.75) is 38.6 Å². The van der Waals surface area contributed by atoms with Gasteiger partial charge in [0, 0.05) is 32.1 Å². The van der Waals surface area contributed by atoms with Gasteiger partial charge < -0.3 is 15.5 Å². The highest BCUT2D eigenvalue weighted by Crippen LogP contribution is 2.33. The number of piperidine rings is 1. The summed E-state index contributed by atoms with van der Waals surface area (Å²) in [7, 11) is 1.77. The van der Waals surface area contributed by atoms with E-state index in [4.69, 9.17) is 5.73 Å². The Balaban J connectivity index is 0.00000225. The number of carbonyl (C=O) groups is 2. The van der Waals surface area contributed by atoms with Crippen molar-refractivity contribution in [3.63, 3.8) is 0 Å². The van der Waals surface area contributed by atoms with Crippen molar-refractivity contribution in [2.75, 3.05) is 25.0 Å². The highest BCUT2D eigenvalue weighted by atomic mass is 35.5. The van der Waals surface area contributed by atoms with Crippen LogP contribution in [-0.4, -0.2) is 42.9 Å². The monoisotopic (exact) mass is 365 g/mol. The van der Waals surface area contributed by atoms with Crippen LogP contribution in [0, 0.1) is 11.8 Å². The smallest absolute Gasteiger partial charge is 0.255 e. The van der Waals surface area contributed by atoms with Crippen LogP contribution in [0.1, 0.15) is 43.0 Å². The lowest BCUT2D eigenvalue weighted by molar-refractivity contribution is -0.119. The average molecular weight is 366 g/mol. The third-order valence-electron chi connectivity index (χ3n) is 5.32. The number of nitrogens with zero attached hydrogens (tertiary/aromatic N) is 2. The molecule has 1 aliphatic carbocycles. The zero-order chi connectivity index (χ0) is 17.3. The molecule has 1 unspecified atom stereocenters. The maximum atomic E-state index is 13.0. The van der Waals surface area contributed by atoms with Crippen molar-refractivity contribution in [1.29, 1.82) is 0 Å². The van der Waals surface area contributed by atoms with Crippen LogP contribution in [0.15, 0.2) is 24.3 Å². The van der Waals surface area contributed by atoms with Crippen LogP contribution in [0.2, 0.25) is 0 Å². The van der Waals surface area contributed by atoms with Gasteiger partial charge in [-0.15, -0.1) is 12.4 Å². The number of anilines is 1. The molecule has 1 heterocycles. The molecule has 1 saturated heterocycles. The van der Waals surface area contributed by atoms with Gasteiger partial charge in [0.2, 0.25) is 5.91 Å². The molecule has 1 aliphatic heterocycles. The van der Waals surface area contributed by atoms with E-state index < -0.39 is 0 Å². The molecule has 5 nitrogen and oxygen atoms in total. The van der Waals surface area contributed by atoms with E-state index in [-0.39, 0.29) is 36.2 Å². The highest BCUT2D eigenvalue weighted by Gasteiger charge is 2.34. The Morgan fingerprint density at radius 2 is 1.76 bits per heavy atom. The topological polar surface area (TPSA) is 66.6 Å². The van der Waals surface area contributed by atoms with Crippen molar-refractivity contribution in [1.82, 2.24) is 4.90 Å². The summed E-state index contributed by atoms with van der Waals surface area (Å²) in [6.07, 6.45) is 3.82. The van der Waals surface area contributed by atoms with Crippen molar-refractivity contribution in [3.05, 3.63) is 29.8 Å². The quantitative estimate of drug-likeness (QED) is 0.892. The molecule has 1 aromatic rings. The second-order valence-corrected chi connectivity index (χ2v) is 7.18. The average Bonchev–Trinajstić information content (AvgIpc) is 3.45. The van der Waals surface area contributed by atoms with Crippen LogP contribution in [-0.2, 0) is 4.79 Å². The molecule has 0 aromatic heterocycles. The molecule has 1 aromatic carbocycles. The van der Waals surface area contributed by atoms with E-state index in [1.165, 1.54) is 0 Å². The maximum absolute atomic E-state index is 13.0. The first-order valence-corrected chi connectivity index (χ1v) is 8.90. The minimum absolute atomic E-state index is 0. The number of rotatable bonds is 4. The van der Waals surface area contributed by atoms with E-state index in [0.29, 0.717) is 17.2 Å². The zero-order valence-corrected chi connectivity index (χ0v) is 15.8. The summed E-state index contributed by atoms with van der Waals surface area (Å²) in [6, 6.07) is 7.61. The van der Waals surface area contributed by atoms with Gasteiger partial charge in [0.1, 0.15) is 0 Å². The molecule has 2 fully saturated rings. The number of hydrogen-bond donors (Lipinski definition) is 1. The maximum Gasteiger partial charge on any atom is 0.255 e. The van der Waals surface area contributed by atoms with Gasteiger partial charge in [0.05, 0.1) is 11.3 Å². The highest BCUT2D eigenvalue weighted by molar-refractivity contribution is 6.05. The first kappa shape index (κ1) is 19.7. The summed E-state index contributed by atoms with van der Waals surface area (Å²) in [5.41, 5.74) is 7.32. The van der Waals surface area contributed by atoms with Crippen LogP contribution >= 0.6 is 12.4 Å². The van der Waals surface area contributed by atoms with Gasteiger partial charge in [-0.2, -0.15) is 0 Å². The van der Waals surface area contributed by atoms with E-state index >= 15 is 0 Å². The van der Waals surface area contributed by atoms with Gasteiger partial charge >= 0.3 is 0 Å². The largest absolute Gasteiger partial charge is 0.339 e. The van der Waals surface area contributed by atoms with E-state index in [1.807, 2.05) is 36.1 Å². The minimum Gasteiger partial charge on any atom is -0.339 e. The fourth-order valence-electron chi connectivity index (χ4n) is 3.47. The van der Waals surface area contributed by atoms with Gasteiger partial charge in [0.15, 0.2) is 0 Å². The molecule has 25 heavy (non-hydrogen) atoms. The Hall–Kier alpha value is -1.59. The van der Waals surface area contributed by atoms with Crippen molar-refractivity contribution < 1.29 is 9.59 Å². The number of nitrogens with two attached hydrogens (primary N) is 1. The Labute approximate surface area is 155 Å². The number of benzene rings is 1. The fraction of sp³-hybridized carbons (Fsp3) is 0.579. The number of amides is 2. The third-order valence-corrected chi connectivity index (χ3v) is 5.32. The lowest BCUT2D eigenvalue weighted by atomic mass is 9.90. The van der Waals surface area contributed by atoms with Crippen molar-refractivity contribution in [3.8, 4) is 0 Å². The fourth-order valence-corrected chi connectivity index (χ4v) is 3.47. The van der Waals surface area contributed by atoms with Crippen LogP contribution in [0.25, 0.3) is 0 Å². The summed E-state index contributed by atoms with van der Waals surface area (Å²) < 4.78 is 0. The summed E-state index contributed by atoms with van der Waals surface area (Å²) >= 11 is 0. The number of likely N-dealkylation sites (tertiary alicyclic amines) is 1. The Kier molecular flexibility index (Phi) is 6.47. The molecular weight excluding hydrogens is 338 g/mol. The molecule has 3 rings (SSSR count). The molecule has 138 valence electrons. The number of para-hydroxylation sites is 1. The Bertz CT molecular complexity index is 623. The Morgan fingerprint density at radius 3 is 2.32 bits per heavy atom. The summed E-state index contributed by atoms with van der Waals surface area (Å²) in [5, 5.41) is 0. The molecule has 0 radical (unpaired) electrons. The summed E-state index contributed by atoms with van der Waals surface area (Å²) in [4.78, 5) is 28.9. The summed E-state index contributed by atoms with van der Waals surface area (Å²) in [5.74, 6) is 0.762. The second kappa shape index (κ2) is 8.19. The molecular formula is C19H28ClN3O2. The molecule has 1 atom stereocenters. The third kappa shape index (κ3) is 4.33. The predicted molar refractivity (Wildman–Crippen MR) is 102 cm³/mol. The lowest BCUT2D eigenvalue weighted by Crippen LogP contribution is -2.43. The molecule has 0 bridgehead atoms. The van der Waals surface area contributed by atoms with Crippen LogP contribution in [0.4, 0.5) is 5.69 Å². The van der Waals surface area contributed by atoms with Crippen molar-refractivity contribution in [2.24, 2.45) is 17.6 Å². The summed E-state index contributed by atoms with van der Waals surface area (Å²) in [6.45, 7) is 3.51. The van der Waals surface area contributed by atoms with E-state index in [0.717, 1.165) is 38.8 Å². The Morgan fingerprint density at radius 1 is 1.16 bits per heavy atom. The van der Waals surface area contributed by atoms with Crippen LogP contribution in [0.5, 0.6) is 0 Å². The standard InChI is InChI=1S/C19H27N3O2.ClH/c1-13(20)14-9-11-22(12-10-14)19(24)16-5-3-4-6-17(16)21(2)18(23)15-7-8-15;/h3-6,13-15H,7-12,20H2,1-2H3;1H. The van der Waals surface area contributed by atoms with E-state index in [1.54, 1.807) is 11.9 Å². The molecule has 2 N–H and O–H groups in total. The van der Waals surface area contributed by atoms with Gasteiger partial charge in [-0.3, -0.25) is 9.59 Å². The molecule has 2 aliphatic rings. The predicted octanol–water partition coefficient (Wildman–Crippen LogP) is 2.68. The number of halogens is 1. The van der Waals surface area contributed by atoms with E-state index in [2.05, 4.69) is 0 Å². The van der Waals surface area contributed by atoms with Gasteiger partial charge in [-0.1, -0.05) is 12.1 Å². The normalized spacial score (nSPS) is 19.1. The SMILES string of the molecule is CC(N)C1CCN(C(=O)c2ccccc2N(C)C(=O)C2CC2)CC1.Cl. The van der Waals surface area contributed by atoms with Gasteiger partial charge in [0.25, 0.3) is 5.91 Å². The number of hydrogen-bond acceptors (Lipinski definition) is 3. The zero-order valence-electron chi connectivity index (χ0n) is 15.0. The molecule has 1 saturated carbocycles. The second-order valence-electron chi connectivity index (χ2n) is 7.18. The lowest BCUT2D eigenvalue weighted by Gasteiger charge is -2.34. The van der Waals surface area contributed by atoms with Crippen LogP contribution < -0.4 is 10.6 Å². The van der Waals surface area contributed by atoms with E-state index in [9.17, 15) is 9.59 Å². The van der Waals surface area contributed by atoms with Gasteiger partial charge in [-0.25, -0.2) is 0 Å². The van der Waals surface area contributed by atoms with Crippen LogP contribution in [0.3, 0.4) is 0 Å². The first-order valence-electron chi connectivity index (χ1n) is 8.90. The minimum atomic E-state index is 0. The molecule has 2 amide bonds. The van der Waals surface area contributed by atoms with Crippen molar-refractivity contribution >= 4 is 29.9 Å². The van der Waals surface area contributed by atoms with Gasteiger partial charge in [-0.05, 0) is 50.7 Å². The molecule has 6 heteroatoms.